The van der Waals surface area contributed by atoms with Gasteiger partial charge >= 0.3 is 0 Å². The van der Waals surface area contributed by atoms with E-state index in [1.807, 2.05) is 6.20 Å². The molecule has 0 saturated heterocycles. The van der Waals surface area contributed by atoms with Crippen molar-refractivity contribution < 1.29 is 0 Å². The Morgan fingerprint density at radius 3 is 2.73 bits per heavy atom. The van der Waals surface area contributed by atoms with E-state index in [4.69, 9.17) is 5.73 Å². The summed E-state index contributed by atoms with van der Waals surface area (Å²) >= 11 is 1.71. The normalized spacial score (nSPS) is 12.8. The third-order valence-corrected chi connectivity index (χ3v) is 3.70. The molecular formula is C11H21N3S. The summed E-state index contributed by atoms with van der Waals surface area (Å²) in [5.74, 6) is 0.718. The lowest BCUT2D eigenvalue weighted by Gasteiger charge is -2.23. The van der Waals surface area contributed by atoms with Crippen molar-refractivity contribution in [3.8, 4) is 0 Å². The Morgan fingerprint density at radius 2 is 2.27 bits per heavy atom. The molecule has 1 atom stereocenters. The summed E-state index contributed by atoms with van der Waals surface area (Å²) in [6, 6.07) is 0. The minimum Gasteiger partial charge on any atom is -0.348 e. The van der Waals surface area contributed by atoms with Gasteiger partial charge in [-0.15, -0.1) is 11.3 Å². The van der Waals surface area contributed by atoms with Crippen molar-refractivity contribution in [1.82, 2.24) is 4.98 Å². The highest BCUT2D eigenvalue weighted by Gasteiger charge is 2.11. The lowest BCUT2D eigenvalue weighted by atomic mass is 10.1. The van der Waals surface area contributed by atoms with Crippen LogP contribution in [0.2, 0.25) is 0 Å². The zero-order valence-corrected chi connectivity index (χ0v) is 10.7. The summed E-state index contributed by atoms with van der Waals surface area (Å²) < 4.78 is 0. The van der Waals surface area contributed by atoms with Crippen molar-refractivity contribution in [2.45, 2.75) is 33.7 Å². The number of thiazole rings is 1. The monoisotopic (exact) mass is 227 g/mol. The Kier molecular flexibility index (Phi) is 5.05. The number of hydrogen-bond donors (Lipinski definition) is 1. The molecule has 15 heavy (non-hydrogen) atoms. The van der Waals surface area contributed by atoms with Crippen LogP contribution in [0.3, 0.4) is 0 Å². The van der Waals surface area contributed by atoms with Crippen LogP contribution in [0.25, 0.3) is 0 Å². The molecule has 1 aromatic heterocycles. The Bertz CT molecular complexity index is 285. The van der Waals surface area contributed by atoms with E-state index >= 15 is 0 Å². The van der Waals surface area contributed by atoms with Crippen LogP contribution in [0, 0.1) is 5.92 Å². The maximum atomic E-state index is 5.58. The number of nitrogens with two attached hydrogens (primary N) is 1. The van der Waals surface area contributed by atoms with Crippen molar-refractivity contribution in [3.05, 3.63) is 11.1 Å². The van der Waals surface area contributed by atoms with Gasteiger partial charge in [0.05, 0.1) is 0 Å². The third-order valence-electron chi connectivity index (χ3n) is 2.62. The quantitative estimate of drug-likeness (QED) is 0.812. The Labute approximate surface area is 96.3 Å². The first-order valence-corrected chi connectivity index (χ1v) is 6.42. The van der Waals surface area contributed by atoms with Crippen molar-refractivity contribution >= 4 is 16.5 Å². The highest BCUT2D eigenvalue weighted by molar-refractivity contribution is 7.15. The van der Waals surface area contributed by atoms with Crippen molar-refractivity contribution in [3.63, 3.8) is 0 Å². The van der Waals surface area contributed by atoms with Crippen LogP contribution in [0.4, 0.5) is 5.13 Å². The molecule has 0 aliphatic carbocycles. The second-order valence-corrected chi connectivity index (χ2v) is 4.96. The molecule has 0 amide bonds. The molecule has 1 aromatic rings. The fourth-order valence-electron chi connectivity index (χ4n) is 1.39. The fourth-order valence-corrected chi connectivity index (χ4v) is 2.25. The van der Waals surface area contributed by atoms with E-state index in [9.17, 15) is 0 Å². The first-order valence-electron chi connectivity index (χ1n) is 5.60. The van der Waals surface area contributed by atoms with E-state index in [-0.39, 0.29) is 0 Å². The zero-order valence-electron chi connectivity index (χ0n) is 9.86. The molecule has 1 rings (SSSR count). The number of rotatable bonds is 6. The van der Waals surface area contributed by atoms with E-state index in [0.29, 0.717) is 6.54 Å². The van der Waals surface area contributed by atoms with Gasteiger partial charge in [-0.3, -0.25) is 0 Å². The second kappa shape index (κ2) is 6.08. The molecule has 86 valence electrons. The molecule has 3 nitrogen and oxygen atoms in total. The van der Waals surface area contributed by atoms with Crippen molar-refractivity contribution in [2.24, 2.45) is 11.7 Å². The third kappa shape index (κ3) is 3.47. The molecule has 1 unspecified atom stereocenters. The van der Waals surface area contributed by atoms with Gasteiger partial charge in [-0.1, -0.05) is 20.3 Å². The van der Waals surface area contributed by atoms with Crippen LogP contribution in [0.5, 0.6) is 0 Å². The summed E-state index contributed by atoms with van der Waals surface area (Å²) in [6.45, 7) is 9.38. The molecule has 0 aliphatic rings. The van der Waals surface area contributed by atoms with Gasteiger partial charge in [-0.05, 0) is 12.8 Å². The number of hydrogen-bond acceptors (Lipinski definition) is 4. The minimum atomic E-state index is 0.596. The first-order chi connectivity index (χ1) is 7.21. The Hall–Kier alpha value is -0.610. The van der Waals surface area contributed by atoms with Crippen molar-refractivity contribution in [1.29, 1.82) is 0 Å². The maximum Gasteiger partial charge on any atom is 0.185 e. The average molecular weight is 227 g/mol. The van der Waals surface area contributed by atoms with Gasteiger partial charge in [0.25, 0.3) is 0 Å². The lowest BCUT2D eigenvalue weighted by molar-refractivity contribution is 0.547. The van der Waals surface area contributed by atoms with Crippen LogP contribution < -0.4 is 10.6 Å². The van der Waals surface area contributed by atoms with Gasteiger partial charge in [-0.25, -0.2) is 4.98 Å². The SMILES string of the molecule is CCC(C)CN(CC)c1ncc(CN)s1. The van der Waals surface area contributed by atoms with Gasteiger partial charge in [0.15, 0.2) is 5.13 Å². The van der Waals surface area contributed by atoms with E-state index in [2.05, 4.69) is 30.7 Å². The highest BCUT2D eigenvalue weighted by atomic mass is 32.1. The maximum absolute atomic E-state index is 5.58. The van der Waals surface area contributed by atoms with Crippen LogP contribution >= 0.6 is 11.3 Å². The van der Waals surface area contributed by atoms with Gasteiger partial charge in [0, 0.05) is 30.7 Å². The van der Waals surface area contributed by atoms with E-state index in [1.165, 1.54) is 6.42 Å². The van der Waals surface area contributed by atoms with Gasteiger partial charge in [0.2, 0.25) is 0 Å². The zero-order chi connectivity index (χ0) is 11.3. The average Bonchev–Trinajstić information content (AvgIpc) is 2.73. The van der Waals surface area contributed by atoms with E-state index < -0.39 is 0 Å². The van der Waals surface area contributed by atoms with Gasteiger partial charge in [0.1, 0.15) is 0 Å². The number of nitrogens with zero attached hydrogens (tertiary/aromatic N) is 2. The predicted molar refractivity (Wildman–Crippen MR) is 67.3 cm³/mol. The smallest absolute Gasteiger partial charge is 0.185 e. The van der Waals surface area contributed by atoms with Gasteiger partial charge in [-0.2, -0.15) is 0 Å². The fraction of sp³-hybridized carbons (Fsp3) is 0.727. The molecule has 2 N–H and O–H groups in total. The van der Waals surface area contributed by atoms with Gasteiger partial charge < -0.3 is 10.6 Å². The van der Waals surface area contributed by atoms with Crippen molar-refractivity contribution in [2.75, 3.05) is 18.0 Å². The van der Waals surface area contributed by atoms with Crippen LogP contribution in [0.15, 0.2) is 6.20 Å². The molecule has 0 radical (unpaired) electrons. The lowest BCUT2D eigenvalue weighted by Crippen LogP contribution is -2.27. The Morgan fingerprint density at radius 1 is 1.53 bits per heavy atom. The largest absolute Gasteiger partial charge is 0.348 e. The van der Waals surface area contributed by atoms with Crippen LogP contribution in [-0.2, 0) is 6.54 Å². The highest BCUT2D eigenvalue weighted by Crippen LogP contribution is 2.23. The van der Waals surface area contributed by atoms with E-state index in [1.54, 1.807) is 11.3 Å². The summed E-state index contributed by atoms with van der Waals surface area (Å²) in [6.07, 6.45) is 3.10. The Balaban J connectivity index is 2.65. The minimum absolute atomic E-state index is 0.596. The molecule has 4 heteroatoms. The summed E-state index contributed by atoms with van der Waals surface area (Å²) in [5.41, 5.74) is 5.58. The standard InChI is InChI=1S/C11H21N3S/c1-4-9(3)8-14(5-2)11-13-7-10(6-12)15-11/h7,9H,4-6,8,12H2,1-3H3. The number of anilines is 1. The molecule has 1 heterocycles. The molecule has 0 aliphatic heterocycles. The summed E-state index contributed by atoms with van der Waals surface area (Å²) in [7, 11) is 0. The van der Waals surface area contributed by atoms with Crippen LogP contribution in [0.1, 0.15) is 32.1 Å². The predicted octanol–water partition coefficient (Wildman–Crippen LogP) is 2.47. The summed E-state index contributed by atoms with van der Waals surface area (Å²) in [4.78, 5) is 7.90. The van der Waals surface area contributed by atoms with Crippen LogP contribution in [-0.4, -0.2) is 18.1 Å². The summed E-state index contributed by atoms with van der Waals surface area (Å²) in [5, 5.41) is 1.11. The molecule has 0 fully saturated rings. The number of aromatic nitrogens is 1. The second-order valence-electron chi connectivity index (χ2n) is 3.87. The van der Waals surface area contributed by atoms with E-state index in [0.717, 1.165) is 29.0 Å². The molecule has 0 spiro atoms. The molecule has 0 saturated carbocycles. The first kappa shape index (κ1) is 12.5. The molecular weight excluding hydrogens is 206 g/mol. The molecule has 0 aromatic carbocycles. The molecule has 0 bridgehead atoms. The topological polar surface area (TPSA) is 42.2 Å².